The Hall–Kier alpha value is -0.230. The fraction of sp³-hybridized carbons (Fsp3) is 0. The quantitative estimate of drug-likeness (QED) is 0.688. The Bertz CT molecular complexity index is 213. The van der Waals surface area contributed by atoms with Crippen LogP contribution < -0.4 is 5.14 Å². The van der Waals surface area contributed by atoms with Gasteiger partial charge in [0.05, 0.1) is 0 Å². The van der Waals surface area contributed by atoms with Gasteiger partial charge in [-0.25, -0.2) is 0 Å². The average Bonchev–Trinajstić information content (AvgIpc) is 1.87. The lowest BCUT2D eigenvalue weighted by Gasteiger charge is -1.85. The van der Waals surface area contributed by atoms with Crippen molar-refractivity contribution in [3.05, 3.63) is 34.8 Å². The molecule has 0 aliphatic heterocycles. The Labute approximate surface area is 76.2 Å². The van der Waals surface area contributed by atoms with Crippen molar-refractivity contribution in [3.8, 4) is 0 Å². The molecule has 0 aliphatic carbocycles. The van der Waals surface area contributed by atoms with Gasteiger partial charge in [-0.15, -0.1) is 0 Å². The molecule has 0 aliphatic rings. The summed E-state index contributed by atoms with van der Waals surface area (Å²) in [6, 6.07) is 9.97. The molecule has 1 unspecified atom stereocenters. The van der Waals surface area contributed by atoms with Gasteiger partial charge in [-0.1, -0.05) is 34.1 Å². The fourth-order valence-electron chi connectivity index (χ4n) is 0.415. The molecule has 0 spiro atoms. The number of rotatable bonds is 0. The summed E-state index contributed by atoms with van der Waals surface area (Å²) in [6.07, 6.45) is 0. The van der Waals surface area contributed by atoms with Gasteiger partial charge < -0.3 is 4.55 Å². The van der Waals surface area contributed by atoms with Crippen LogP contribution >= 0.6 is 15.9 Å². The number of halogens is 1. The third-order valence-corrected chi connectivity index (χ3v) is 1.26. The van der Waals surface area contributed by atoms with Crippen LogP contribution in [0.2, 0.25) is 0 Å². The Balaban J connectivity index is 0.000000218. The number of nitrogens with two attached hydrogens (primary N) is 1. The van der Waals surface area contributed by atoms with Crippen LogP contribution in [0.25, 0.3) is 0 Å². The summed E-state index contributed by atoms with van der Waals surface area (Å²) < 4.78 is 18.7. The second kappa shape index (κ2) is 6.48. The molecule has 11 heavy (non-hydrogen) atoms. The Morgan fingerprint density at radius 2 is 1.73 bits per heavy atom. The minimum Gasteiger partial charge on any atom is -0.760 e. The van der Waals surface area contributed by atoms with E-state index in [0.29, 0.717) is 0 Å². The molecule has 1 aromatic rings. The molecule has 0 aromatic heterocycles. The van der Waals surface area contributed by atoms with E-state index in [4.69, 9.17) is 8.76 Å². The van der Waals surface area contributed by atoms with E-state index < -0.39 is 11.3 Å². The molecular weight excluding hydrogens is 230 g/mol. The molecule has 5 heteroatoms. The van der Waals surface area contributed by atoms with Gasteiger partial charge in [0, 0.05) is 15.7 Å². The van der Waals surface area contributed by atoms with Crippen molar-refractivity contribution < 1.29 is 8.76 Å². The zero-order chi connectivity index (χ0) is 8.69. The van der Waals surface area contributed by atoms with Crippen LogP contribution in [0, 0.1) is 0 Å². The minimum absolute atomic E-state index is 1.13. The van der Waals surface area contributed by atoms with Gasteiger partial charge >= 0.3 is 0 Å². The van der Waals surface area contributed by atoms with Crippen molar-refractivity contribution in [2.45, 2.75) is 0 Å². The molecule has 0 saturated heterocycles. The van der Waals surface area contributed by atoms with E-state index in [0.717, 1.165) is 4.47 Å². The first kappa shape index (κ1) is 10.8. The molecule has 0 fully saturated rings. The van der Waals surface area contributed by atoms with E-state index in [1.807, 2.05) is 30.3 Å². The lowest BCUT2D eigenvalue weighted by Crippen LogP contribution is -1.97. The molecule has 0 bridgehead atoms. The zero-order valence-corrected chi connectivity index (χ0v) is 7.97. The van der Waals surface area contributed by atoms with Crippen molar-refractivity contribution in [3.63, 3.8) is 0 Å². The normalized spacial score (nSPS) is 11.2. The summed E-state index contributed by atoms with van der Waals surface area (Å²) in [4.78, 5) is 0. The lowest BCUT2D eigenvalue weighted by molar-refractivity contribution is 0.539. The van der Waals surface area contributed by atoms with Gasteiger partial charge in [0.25, 0.3) is 0 Å². The highest BCUT2D eigenvalue weighted by Gasteiger charge is 1.74. The average molecular weight is 237 g/mol. The molecule has 3 nitrogen and oxygen atoms in total. The van der Waals surface area contributed by atoms with Crippen molar-refractivity contribution in [1.82, 2.24) is 0 Å². The summed E-state index contributed by atoms with van der Waals surface area (Å²) in [6.45, 7) is 0. The van der Waals surface area contributed by atoms with Crippen LogP contribution in [0.1, 0.15) is 0 Å². The van der Waals surface area contributed by atoms with Crippen LogP contribution in [-0.4, -0.2) is 8.76 Å². The molecule has 62 valence electrons. The van der Waals surface area contributed by atoms with Gasteiger partial charge in [-0.3, -0.25) is 9.35 Å². The second-order valence-electron chi connectivity index (χ2n) is 1.56. The topological polar surface area (TPSA) is 66.2 Å². The first-order valence-electron chi connectivity index (χ1n) is 2.67. The summed E-state index contributed by atoms with van der Waals surface area (Å²) in [7, 11) is 0. The van der Waals surface area contributed by atoms with Crippen LogP contribution in [0.15, 0.2) is 34.8 Å². The predicted octanol–water partition coefficient (Wildman–Crippen LogP) is 1.19. The molecule has 1 aromatic carbocycles. The summed E-state index contributed by atoms with van der Waals surface area (Å²) in [5.74, 6) is 0. The Morgan fingerprint density at radius 1 is 1.36 bits per heavy atom. The van der Waals surface area contributed by atoms with E-state index in [2.05, 4.69) is 21.1 Å². The minimum atomic E-state index is -2.36. The van der Waals surface area contributed by atoms with E-state index >= 15 is 0 Å². The first-order chi connectivity index (χ1) is 5.13. The monoisotopic (exact) mass is 236 g/mol. The Morgan fingerprint density at radius 3 is 1.91 bits per heavy atom. The van der Waals surface area contributed by atoms with Crippen LogP contribution in [-0.2, 0) is 11.3 Å². The predicted molar refractivity (Wildman–Crippen MR) is 47.2 cm³/mol. The third-order valence-electron chi connectivity index (χ3n) is 0.733. The lowest BCUT2D eigenvalue weighted by atomic mass is 10.4. The number of hydrogen-bond acceptors (Lipinski definition) is 2. The highest BCUT2D eigenvalue weighted by Crippen LogP contribution is 2.05. The van der Waals surface area contributed by atoms with E-state index in [1.165, 1.54) is 0 Å². The molecule has 0 radical (unpaired) electrons. The summed E-state index contributed by atoms with van der Waals surface area (Å²) in [5.41, 5.74) is 0. The first-order valence-corrected chi connectivity index (χ1v) is 4.60. The maximum Gasteiger partial charge on any atom is 0.0175 e. The van der Waals surface area contributed by atoms with Crippen molar-refractivity contribution in [2.24, 2.45) is 5.14 Å². The Kier molecular flexibility index (Phi) is 6.34. The summed E-state index contributed by atoms with van der Waals surface area (Å²) >= 11 is 0.950. The second-order valence-corrected chi connectivity index (χ2v) is 2.99. The van der Waals surface area contributed by atoms with Gasteiger partial charge in [0.2, 0.25) is 0 Å². The molecule has 0 heterocycles. The van der Waals surface area contributed by atoms with Crippen LogP contribution in [0.3, 0.4) is 0 Å². The maximum atomic E-state index is 8.78. The SMILES string of the molecule is Brc1ccccc1.NS(=O)[O-]. The van der Waals surface area contributed by atoms with Gasteiger partial charge in [-0.2, -0.15) is 0 Å². The fourth-order valence-corrected chi connectivity index (χ4v) is 0.720. The molecule has 0 amide bonds. The van der Waals surface area contributed by atoms with Crippen LogP contribution in [0.4, 0.5) is 0 Å². The van der Waals surface area contributed by atoms with Crippen molar-refractivity contribution in [1.29, 1.82) is 0 Å². The van der Waals surface area contributed by atoms with Crippen LogP contribution in [0.5, 0.6) is 0 Å². The molecular formula is C6H7BrNO2S-. The number of benzene rings is 1. The maximum absolute atomic E-state index is 8.78. The van der Waals surface area contributed by atoms with E-state index in [9.17, 15) is 0 Å². The molecule has 1 atom stereocenters. The molecule has 2 N–H and O–H groups in total. The largest absolute Gasteiger partial charge is 0.760 e. The van der Waals surface area contributed by atoms with E-state index in [1.54, 1.807) is 0 Å². The van der Waals surface area contributed by atoms with Gasteiger partial charge in [-0.05, 0) is 12.1 Å². The molecule has 1 rings (SSSR count). The highest BCUT2D eigenvalue weighted by molar-refractivity contribution is 9.10. The standard InChI is InChI=1S/C6H5Br.H3NO2S/c7-6-4-2-1-3-5-6;1-4(2)3/h1-5H;1H2,(H,2,3)/p-1. The number of hydrogen-bond donors (Lipinski definition) is 1. The van der Waals surface area contributed by atoms with Gasteiger partial charge in [0.15, 0.2) is 0 Å². The van der Waals surface area contributed by atoms with Crippen molar-refractivity contribution in [2.75, 3.05) is 0 Å². The van der Waals surface area contributed by atoms with Gasteiger partial charge in [0.1, 0.15) is 0 Å². The third kappa shape index (κ3) is 9.77. The molecule has 0 saturated carbocycles. The van der Waals surface area contributed by atoms with E-state index in [-0.39, 0.29) is 0 Å². The summed E-state index contributed by atoms with van der Waals surface area (Å²) in [5, 5.41) is 4.03. The highest BCUT2D eigenvalue weighted by atomic mass is 79.9. The smallest absolute Gasteiger partial charge is 0.0175 e. The van der Waals surface area contributed by atoms with Crippen molar-refractivity contribution >= 4 is 27.2 Å². The zero-order valence-electron chi connectivity index (χ0n) is 5.57.